The van der Waals surface area contributed by atoms with Crippen LogP contribution in [-0.4, -0.2) is 19.1 Å². The lowest BCUT2D eigenvalue weighted by Crippen LogP contribution is -2.08. The van der Waals surface area contributed by atoms with Crippen molar-refractivity contribution in [3.63, 3.8) is 0 Å². The van der Waals surface area contributed by atoms with Crippen molar-refractivity contribution in [2.75, 3.05) is 19.0 Å². The van der Waals surface area contributed by atoms with Gasteiger partial charge in [-0.15, -0.1) is 10.2 Å². The van der Waals surface area contributed by atoms with E-state index in [4.69, 9.17) is 0 Å². The molecule has 4 nitrogen and oxygen atoms in total. The average molecular weight is 276 g/mol. The number of nitrogens with zero attached hydrogens (tertiary/aromatic N) is 4. The molecule has 0 aliphatic heterocycles. The number of anilines is 1. The van der Waals surface area contributed by atoms with Gasteiger partial charge in [0.25, 0.3) is 0 Å². The van der Waals surface area contributed by atoms with E-state index in [9.17, 15) is 0 Å². The summed E-state index contributed by atoms with van der Waals surface area (Å²) in [6, 6.07) is 17.7. The second-order valence-corrected chi connectivity index (χ2v) is 4.93. The number of hydrogen-bond acceptors (Lipinski definition) is 4. The van der Waals surface area contributed by atoms with Crippen LogP contribution in [0, 0.1) is 0 Å². The van der Waals surface area contributed by atoms with Crippen LogP contribution in [0.5, 0.6) is 0 Å². The van der Waals surface area contributed by atoms with Gasteiger partial charge in [-0.05, 0) is 36.4 Å². The molecule has 0 aliphatic rings. The number of aromatic nitrogens is 1. The van der Waals surface area contributed by atoms with E-state index in [-0.39, 0.29) is 0 Å². The zero-order chi connectivity index (χ0) is 14.7. The van der Waals surface area contributed by atoms with E-state index in [2.05, 4.69) is 15.2 Å². The summed E-state index contributed by atoms with van der Waals surface area (Å²) >= 11 is 0. The zero-order valence-corrected chi connectivity index (χ0v) is 12.1. The molecule has 0 spiro atoms. The standard InChI is InChI=1S/C17H16N4/c1-21(2)17-11-4-3-8-16(17)20-19-15-10-5-9-14-13(15)7-6-12-18-14/h3-12H,1-2H3. The molecular weight excluding hydrogens is 260 g/mol. The number of para-hydroxylation sites is 1. The molecule has 0 saturated carbocycles. The van der Waals surface area contributed by atoms with Crippen LogP contribution in [0.4, 0.5) is 17.1 Å². The summed E-state index contributed by atoms with van der Waals surface area (Å²) in [5.41, 5.74) is 3.65. The molecule has 0 radical (unpaired) electrons. The molecule has 2 aromatic carbocycles. The Hall–Kier alpha value is -2.75. The van der Waals surface area contributed by atoms with Gasteiger partial charge >= 0.3 is 0 Å². The number of rotatable bonds is 3. The lowest BCUT2D eigenvalue weighted by molar-refractivity contribution is 1.11. The molecule has 0 atom stereocenters. The lowest BCUT2D eigenvalue weighted by atomic mass is 10.2. The predicted molar refractivity (Wildman–Crippen MR) is 86.7 cm³/mol. The predicted octanol–water partition coefficient (Wildman–Crippen LogP) is 4.72. The average Bonchev–Trinajstić information content (AvgIpc) is 2.53. The number of azo groups is 1. The molecule has 104 valence electrons. The number of fused-ring (bicyclic) bond motifs is 1. The monoisotopic (exact) mass is 276 g/mol. The van der Waals surface area contributed by atoms with Gasteiger partial charge in [0.05, 0.1) is 16.9 Å². The van der Waals surface area contributed by atoms with E-state index in [1.165, 1.54) is 0 Å². The van der Waals surface area contributed by atoms with Crippen LogP contribution in [-0.2, 0) is 0 Å². The second-order valence-electron chi connectivity index (χ2n) is 4.93. The van der Waals surface area contributed by atoms with E-state index in [0.29, 0.717) is 0 Å². The topological polar surface area (TPSA) is 40.9 Å². The molecule has 4 heteroatoms. The molecule has 3 rings (SSSR count). The fourth-order valence-corrected chi connectivity index (χ4v) is 2.21. The van der Waals surface area contributed by atoms with Gasteiger partial charge in [-0.25, -0.2) is 0 Å². The summed E-state index contributed by atoms with van der Waals surface area (Å²) < 4.78 is 0. The van der Waals surface area contributed by atoms with E-state index in [0.717, 1.165) is 28.0 Å². The summed E-state index contributed by atoms with van der Waals surface area (Å²) in [6.45, 7) is 0. The third-order valence-corrected chi connectivity index (χ3v) is 3.25. The Kier molecular flexibility index (Phi) is 3.60. The second kappa shape index (κ2) is 5.71. The molecule has 0 fully saturated rings. The van der Waals surface area contributed by atoms with Gasteiger partial charge in [0.2, 0.25) is 0 Å². The van der Waals surface area contributed by atoms with Gasteiger partial charge in [-0.3, -0.25) is 4.98 Å². The molecule has 1 aromatic heterocycles. The van der Waals surface area contributed by atoms with Crippen LogP contribution in [0.2, 0.25) is 0 Å². The number of pyridine rings is 1. The minimum atomic E-state index is 0.828. The normalized spacial score (nSPS) is 11.1. The summed E-state index contributed by atoms with van der Waals surface area (Å²) in [6.07, 6.45) is 1.78. The molecule has 21 heavy (non-hydrogen) atoms. The quantitative estimate of drug-likeness (QED) is 0.650. The van der Waals surface area contributed by atoms with Gasteiger partial charge in [0.1, 0.15) is 5.69 Å². The summed E-state index contributed by atoms with van der Waals surface area (Å²) in [5.74, 6) is 0. The third kappa shape index (κ3) is 2.74. The van der Waals surface area contributed by atoms with E-state index in [1.54, 1.807) is 6.20 Å². The van der Waals surface area contributed by atoms with Crippen LogP contribution in [0.1, 0.15) is 0 Å². The van der Waals surface area contributed by atoms with Gasteiger partial charge < -0.3 is 4.90 Å². The maximum absolute atomic E-state index is 4.41. The molecule has 0 amide bonds. The first kappa shape index (κ1) is 13.2. The Morgan fingerprint density at radius 3 is 2.43 bits per heavy atom. The molecule has 1 heterocycles. The highest BCUT2D eigenvalue weighted by molar-refractivity contribution is 5.89. The maximum Gasteiger partial charge on any atom is 0.109 e. The Bertz CT molecular complexity index is 788. The van der Waals surface area contributed by atoms with Crippen LogP contribution >= 0.6 is 0 Å². The first-order valence-electron chi connectivity index (χ1n) is 6.77. The van der Waals surface area contributed by atoms with Crippen LogP contribution in [0.3, 0.4) is 0 Å². The Labute approximate surface area is 123 Å². The highest BCUT2D eigenvalue weighted by Crippen LogP contribution is 2.30. The minimum absolute atomic E-state index is 0.828. The van der Waals surface area contributed by atoms with Crippen molar-refractivity contribution in [1.29, 1.82) is 0 Å². The van der Waals surface area contributed by atoms with Crippen molar-refractivity contribution >= 4 is 28.0 Å². The van der Waals surface area contributed by atoms with Crippen molar-refractivity contribution in [3.8, 4) is 0 Å². The number of benzene rings is 2. The van der Waals surface area contributed by atoms with Crippen LogP contribution in [0.15, 0.2) is 71.0 Å². The molecule has 0 saturated heterocycles. The summed E-state index contributed by atoms with van der Waals surface area (Å²) in [7, 11) is 3.99. The molecule has 0 bridgehead atoms. The molecule has 3 aromatic rings. The van der Waals surface area contributed by atoms with Gasteiger partial charge in [-0.2, -0.15) is 0 Å². The fraction of sp³-hybridized carbons (Fsp3) is 0.118. The minimum Gasteiger partial charge on any atom is -0.376 e. The van der Waals surface area contributed by atoms with Crippen molar-refractivity contribution in [2.45, 2.75) is 0 Å². The largest absolute Gasteiger partial charge is 0.376 e. The SMILES string of the molecule is CN(C)c1ccccc1N=Nc1cccc2ncccc12. The van der Waals surface area contributed by atoms with Gasteiger partial charge in [0.15, 0.2) is 0 Å². The van der Waals surface area contributed by atoms with Gasteiger partial charge in [0, 0.05) is 25.7 Å². The summed E-state index contributed by atoms with van der Waals surface area (Å²) in [5, 5.41) is 9.82. The Morgan fingerprint density at radius 1 is 0.810 bits per heavy atom. The molecule has 0 unspecified atom stereocenters. The smallest absolute Gasteiger partial charge is 0.109 e. The first-order chi connectivity index (χ1) is 10.3. The van der Waals surface area contributed by atoms with Crippen molar-refractivity contribution in [1.82, 2.24) is 4.98 Å². The Balaban J connectivity index is 2.03. The highest BCUT2D eigenvalue weighted by atomic mass is 15.1. The van der Waals surface area contributed by atoms with Crippen molar-refractivity contribution < 1.29 is 0 Å². The lowest BCUT2D eigenvalue weighted by Gasteiger charge is -2.13. The van der Waals surface area contributed by atoms with E-state index in [1.807, 2.05) is 73.6 Å². The zero-order valence-electron chi connectivity index (χ0n) is 12.1. The molecule has 0 N–H and O–H groups in total. The van der Waals surface area contributed by atoms with Gasteiger partial charge in [-0.1, -0.05) is 18.2 Å². The first-order valence-corrected chi connectivity index (χ1v) is 6.77. The van der Waals surface area contributed by atoms with Crippen LogP contribution < -0.4 is 4.90 Å². The third-order valence-electron chi connectivity index (χ3n) is 3.25. The van der Waals surface area contributed by atoms with E-state index < -0.39 is 0 Å². The van der Waals surface area contributed by atoms with E-state index >= 15 is 0 Å². The van der Waals surface area contributed by atoms with Crippen molar-refractivity contribution in [2.24, 2.45) is 10.2 Å². The molecule has 0 aliphatic carbocycles. The highest BCUT2D eigenvalue weighted by Gasteiger charge is 2.03. The maximum atomic E-state index is 4.41. The van der Waals surface area contributed by atoms with Crippen molar-refractivity contribution in [3.05, 3.63) is 60.8 Å². The Morgan fingerprint density at radius 2 is 1.57 bits per heavy atom. The van der Waals surface area contributed by atoms with Crippen LogP contribution in [0.25, 0.3) is 10.9 Å². The molecular formula is C17H16N4. The fourth-order valence-electron chi connectivity index (χ4n) is 2.21. The number of hydrogen-bond donors (Lipinski definition) is 0. The summed E-state index contributed by atoms with van der Waals surface area (Å²) in [4.78, 5) is 6.36.